The Morgan fingerprint density at radius 2 is 1.87 bits per heavy atom. The zero-order valence-electron chi connectivity index (χ0n) is 17.6. The molecule has 1 fully saturated rings. The second-order valence-corrected chi connectivity index (χ2v) is 7.46. The van der Waals surface area contributed by atoms with Crippen LogP contribution >= 0.6 is 0 Å². The summed E-state index contributed by atoms with van der Waals surface area (Å²) in [6.45, 7) is 1.27. The van der Waals surface area contributed by atoms with Gasteiger partial charge in [-0.15, -0.1) is 0 Å². The molecule has 9 heteroatoms. The standard InChI is InChI=1S/C22H27N5O4/c1-29-17-3-5-18(6-4-17)31-22-20(25-10-15-8-16(28)11-24-15)13-26-21(27-22)14-7-19(30-2)12-23-9-14/h3-7,9,12-13,15-16,20-21,24-25,28H,8,10-11H2,1-2H3. The third-order valence-corrected chi connectivity index (χ3v) is 5.22. The minimum atomic E-state index is -0.472. The Balaban J connectivity index is 1.53. The van der Waals surface area contributed by atoms with Crippen LogP contribution in [-0.4, -0.2) is 67.7 Å². The fourth-order valence-electron chi connectivity index (χ4n) is 3.53. The molecule has 2 aromatic rings. The van der Waals surface area contributed by atoms with Crippen molar-refractivity contribution in [3.05, 3.63) is 48.3 Å². The maximum atomic E-state index is 9.74. The van der Waals surface area contributed by atoms with E-state index in [1.165, 1.54) is 0 Å². The lowest BCUT2D eigenvalue weighted by Gasteiger charge is -2.24. The van der Waals surface area contributed by atoms with Crippen LogP contribution in [-0.2, 0) is 0 Å². The number of hydrogen-bond acceptors (Lipinski definition) is 9. The molecule has 1 aromatic carbocycles. The predicted octanol–water partition coefficient (Wildman–Crippen LogP) is 1.34. The minimum Gasteiger partial charge on any atom is -0.497 e. The summed E-state index contributed by atoms with van der Waals surface area (Å²) in [5.41, 5.74) is 0.811. The second kappa shape index (κ2) is 9.86. The van der Waals surface area contributed by atoms with Crippen molar-refractivity contribution >= 4 is 12.1 Å². The minimum absolute atomic E-state index is 0.186. The third-order valence-electron chi connectivity index (χ3n) is 5.22. The van der Waals surface area contributed by atoms with Crippen LogP contribution in [0, 0.1) is 0 Å². The zero-order valence-corrected chi connectivity index (χ0v) is 17.6. The molecule has 31 heavy (non-hydrogen) atoms. The van der Waals surface area contributed by atoms with Crippen LogP contribution in [0.25, 0.3) is 0 Å². The summed E-state index contributed by atoms with van der Waals surface area (Å²) in [4.78, 5) is 13.5. The van der Waals surface area contributed by atoms with Gasteiger partial charge < -0.3 is 24.6 Å². The van der Waals surface area contributed by atoms with Gasteiger partial charge in [-0.1, -0.05) is 0 Å². The molecule has 0 spiro atoms. The number of nitrogens with zero attached hydrogens (tertiary/aromatic N) is 3. The lowest BCUT2D eigenvalue weighted by molar-refractivity contribution is 0.193. The van der Waals surface area contributed by atoms with Gasteiger partial charge in [-0.05, 0) is 36.8 Å². The van der Waals surface area contributed by atoms with Gasteiger partial charge >= 0.3 is 0 Å². The molecule has 0 radical (unpaired) electrons. The van der Waals surface area contributed by atoms with Crippen molar-refractivity contribution in [3.8, 4) is 17.2 Å². The quantitative estimate of drug-likeness (QED) is 0.614. The number of benzene rings is 1. The first-order valence-electron chi connectivity index (χ1n) is 10.2. The number of aliphatic hydroxyl groups excluding tert-OH is 1. The van der Waals surface area contributed by atoms with Crippen molar-refractivity contribution in [2.45, 2.75) is 30.8 Å². The summed E-state index contributed by atoms with van der Waals surface area (Å²) >= 11 is 0. The Morgan fingerprint density at radius 3 is 2.58 bits per heavy atom. The summed E-state index contributed by atoms with van der Waals surface area (Å²) < 4.78 is 16.6. The van der Waals surface area contributed by atoms with E-state index < -0.39 is 6.17 Å². The summed E-state index contributed by atoms with van der Waals surface area (Å²) in [6.07, 6.45) is 5.10. The molecular formula is C22H27N5O4. The SMILES string of the molecule is COc1ccc(OC2=NC(c3cncc(OC)c3)N=CC2NCC2CC(O)CN2)cc1. The van der Waals surface area contributed by atoms with Gasteiger partial charge in [0.05, 0.1) is 26.5 Å². The fourth-order valence-corrected chi connectivity index (χ4v) is 3.53. The van der Waals surface area contributed by atoms with Gasteiger partial charge in [-0.25, -0.2) is 4.99 Å². The predicted molar refractivity (Wildman–Crippen MR) is 117 cm³/mol. The molecule has 1 aromatic heterocycles. The van der Waals surface area contributed by atoms with E-state index in [1.54, 1.807) is 32.8 Å². The summed E-state index contributed by atoms with van der Waals surface area (Å²) in [7, 11) is 3.22. The molecule has 3 heterocycles. The molecular weight excluding hydrogens is 398 g/mol. The molecule has 4 rings (SSSR count). The van der Waals surface area contributed by atoms with E-state index in [1.807, 2.05) is 30.3 Å². The van der Waals surface area contributed by atoms with Gasteiger partial charge in [0.2, 0.25) is 5.90 Å². The van der Waals surface area contributed by atoms with Gasteiger partial charge in [0, 0.05) is 37.1 Å². The van der Waals surface area contributed by atoms with E-state index in [9.17, 15) is 5.11 Å². The molecule has 4 unspecified atom stereocenters. The molecule has 9 nitrogen and oxygen atoms in total. The van der Waals surface area contributed by atoms with Crippen molar-refractivity contribution in [2.24, 2.45) is 9.98 Å². The molecule has 164 valence electrons. The first-order chi connectivity index (χ1) is 15.1. The maximum Gasteiger partial charge on any atom is 0.215 e. The molecule has 0 amide bonds. The highest BCUT2D eigenvalue weighted by atomic mass is 16.5. The third kappa shape index (κ3) is 5.38. The molecule has 2 aliphatic rings. The molecule has 1 saturated heterocycles. The molecule has 0 aliphatic carbocycles. The lowest BCUT2D eigenvalue weighted by atomic mass is 10.1. The largest absolute Gasteiger partial charge is 0.497 e. The number of aliphatic imine (C=N–C) groups is 2. The van der Waals surface area contributed by atoms with Crippen LogP contribution in [0.3, 0.4) is 0 Å². The van der Waals surface area contributed by atoms with Gasteiger partial charge in [-0.2, -0.15) is 0 Å². The van der Waals surface area contributed by atoms with Gasteiger partial charge in [0.25, 0.3) is 0 Å². The average molecular weight is 425 g/mol. The van der Waals surface area contributed by atoms with E-state index in [0.717, 1.165) is 11.3 Å². The second-order valence-electron chi connectivity index (χ2n) is 7.46. The van der Waals surface area contributed by atoms with Gasteiger partial charge in [-0.3, -0.25) is 15.3 Å². The first-order valence-corrected chi connectivity index (χ1v) is 10.2. The van der Waals surface area contributed by atoms with Crippen LogP contribution in [0.1, 0.15) is 18.2 Å². The summed E-state index contributed by atoms with van der Waals surface area (Å²) in [5, 5.41) is 16.5. The van der Waals surface area contributed by atoms with E-state index >= 15 is 0 Å². The van der Waals surface area contributed by atoms with Crippen LogP contribution < -0.4 is 24.8 Å². The highest BCUT2D eigenvalue weighted by Gasteiger charge is 2.27. The number of β-amino-alcohol motifs (C(OH)–C–C–N with tert-alkyl or cyclic N) is 1. The topological polar surface area (TPSA) is 110 Å². The van der Waals surface area contributed by atoms with Crippen molar-refractivity contribution in [1.82, 2.24) is 15.6 Å². The van der Waals surface area contributed by atoms with E-state index in [0.29, 0.717) is 36.9 Å². The van der Waals surface area contributed by atoms with Gasteiger partial charge in [0.15, 0.2) is 6.17 Å². The normalized spacial score (nSPS) is 25.2. The number of ether oxygens (including phenoxy) is 3. The molecule has 2 aliphatic heterocycles. The Labute approximate surface area is 181 Å². The molecule has 4 atom stereocenters. The Morgan fingerprint density at radius 1 is 1.10 bits per heavy atom. The smallest absolute Gasteiger partial charge is 0.215 e. The first kappa shape index (κ1) is 21.2. The highest BCUT2D eigenvalue weighted by Crippen LogP contribution is 2.26. The number of nitrogens with one attached hydrogen (secondary N) is 2. The van der Waals surface area contributed by atoms with Crippen LogP contribution in [0.15, 0.2) is 52.7 Å². The van der Waals surface area contributed by atoms with Crippen molar-refractivity contribution in [3.63, 3.8) is 0 Å². The number of pyridine rings is 1. The number of aromatic nitrogens is 1. The van der Waals surface area contributed by atoms with Crippen LogP contribution in [0.5, 0.6) is 17.2 Å². The number of hydrogen-bond donors (Lipinski definition) is 3. The lowest BCUT2D eigenvalue weighted by Crippen LogP contribution is -2.47. The van der Waals surface area contributed by atoms with Crippen LogP contribution in [0.4, 0.5) is 0 Å². The summed E-state index contributed by atoms with van der Waals surface area (Å²) in [5.74, 6) is 2.55. The van der Waals surface area contributed by atoms with Gasteiger partial charge in [0.1, 0.15) is 23.3 Å². The van der Waals surface area contributed by atoms with E-state index in [-0.39, 0.29) is 18.2 Å². The van der Waals surface area contributed by atoms with Crippen molar-refractivity contribution in [1.29, 1.82) is 0 Å². The summed E-state index contributed by atoms with van der Waals surface area (Å²) in [6, 6.07) is 9.09. The molecule has 0 bridgehead atoms. The zero-order chi connectivity index (χ0) is 21.6. The number of methoxy groups -OCH3 is 2. The number of aliphatic hydroxyl groups is 1. The number of rotatable bonds is 7. The monoisotopic (exact) mass is 425 g/mol. The fraction of sp³-hybridized carbons (Fsp3) is 0.409. The highest BCUT2D eigenvalue weighted by molar-refractivity contribution is 6.00. The van der Waals surface area contributed by atoms with E-state index in [4.69, 9.17) is 19.2 Å². The Bertz CT molecular complexity index is 934. The molecule has 3 N–H and O–H groups in total. The average Bonchev–Trinajstić information content (AvgIpc) is 3.23. The Hall–Kier alpha value is -3.01. The Kier molecular flexibility index (Phi) is 6.76. The van der Waals surface area contributed by atoms with Crippen molar-refractivity contribution in [2.75, 3.05) is 27.3 Å². The van der Waals surface area contributed by atoms with E-state index in [2.05, 4.69) is 20.6 Å². The van der Waals surface area contributed by atoms with Crippen LogP contribution in [0.2, 0.25) is 0 Å². The maximum absolute atomic E-state index is 9.74. The molecule has 0 saturated carbocycles. The van der Waals surface area contributed by atoms with Crippen molar-refractivity contribution < 1.29 is 19.3 Å².